The van der Waals surface area contributed by atoms with Crippen molar-refractivity contribution in [2.24, 2.45) is 0 Å². The van der Waals surface area contributed by atoms with Gasteiger partial charge in [0.25, 0.3) is 0 Å². The van der Waals surface area contributed by atoms with Gasteiger partial charge in [0.1, 0.15) is 0 Å². The van der Waals surface area contributed by atoms with Gasteiger partial charge in [-0.05, 0) is 6.10 Å². The molecule has 2 heterocycles. The average Bonchev–Trinajstić information content (AvgIpc) is 2.35. The number of rotatable bonds is 0. The van der Waals surface area contributed by atoms with Gasteiger partial charge in [-0.15, -0.1) is 0 Å². The predicted octanol–water partition coefficient (Wildman–Crippen LogP) is 0.749. The molecule has 2 saturated heterocycles. The molecule has 58 valence electrons. The number of hydrogen-bond donors (Lipinski definition) is 0. The molecule has 4 heteroatoms. The van der Waals surface area contributed by atoms with Gasteiger partial charge < -0.3 is 9.47 Å². The van der Waals surface area contributed by atoms with Gasteiger partial charge in [0.15, 0.2) is 0 Å². The van der Waals surface area contributed by atoms with Gasteiger partial charge in [-0.2, -0.15) is 0 Å². The fraction of sp³-hybridized carbons (Fsp3) is 0.833. The molecule has 0 bridgehead atoms. The molecule has 2 aliphatic rings. The summed E-state index contributed by atoms with van der Waals surface area (Å²) in [6, 6.07) is 0. The quantitative estimate of drug-likeness (QED) is 0.459. The molecule has 0 radical (unpaired) electrons. The number of fused-ring (bicyclic) bond motifs is 1. The summed E-state index contributed by atoms with van der Waals surface area (Å²) in [5.41, 5.74) is 0. The van der Waals surface area contributed by atoms with E-state index >= 15 is 0 Å². The summed E-state index contributed by atoms with van der Waals surface area (Å²) in [5, 5.41) is 0. The Hall–Kier alpha value is 1.09. The summed E-state index contributed by atoms with van der Waals surface area (Å²) in [6.07, 6.45) is 2.62. The van der Waals surface area contributed by atoms with Crippen LogP contribution in [0.2, 0.25) is 0 Å². The predicted molar refractivity (Wildman–Crippen MR) is 36.5 cm³/mol. The average molecular weight is 376 g/mol. The van der Waals surface area contributed by atoms with Crippen molar-refractivity contribution in [1.29, 1.82) is 0 Å². The van der Waals surface area contributed by atoms with E-state index in [0.717, 1.165) is 13.2 Å². The minimum Gasteiger partial charge on any atom is -0.409 e. The van der Waals surface area contributed by atoms with E-state index in [2.05, 4.69) is 22.4 Å². The van der Waals surface area contributed by atoms with Crippen LogP contribution >= 0.6 is 15.9 Å². The third-order valence-corrected chi connectivity index (χ3v) is 2.53. The number of halogens is 1. The Morgan fingerprint density at radius 1 is 1.40 bits per heavy atom. The van der Waals surface area contributed by atoms with Crippen LogP contribution in [0, 0.1) is 6.42 Å². The molecule has 2 nitrogen and oxygen atoms in total. The third-order valence-electron chi connectivity index (χ3n) is 1.75. The van der Waals surface area contributed by atoms with Crippen molar-refractivity contribution in [1.82, 2.24) is 0 Å². The Morgan fingerprint density at radius 3 is 2.90 bits per heavy atom. The van der Waals surface area contributed by atoms with Crippen LogP contribution in [0.1, 0.15) is 0 Å². The standard InChI is InChI=1S/C6H8BrO2.W/c7-4-3-9-5-1-2-8-6(4)5;/h1,4-6H,2-3H2;/q-1;/t4-,5+,6-;/m0./s1. The van der Waals surface area contributed by atoms with Crippen molar-refractivity contribution in [3.05, 3.63) is 6.42 Å². The first-order chi connectivity index (χ1) is 4.38. The molecule has 0 aliphatic carbocycles. The van der Waals surface area contributed by atoms with Gasteiger partial charge in [-0.3, -0.25) is 6.42 Å². The van der Waals surface area contributed by atoms with E-state index in [0.29, 0.717) is 4.83 Å². The van der Waals surface area contributed by atoms with Crippen molar-refractivity contribution >= 4 is 15.9 Å². The van der Waals surface area contributed by atoms with Crippen molar-refractivity contribution in [2.45, 2.75) is 17.0 Å². The Labute approximate surface area is 83.0 Å². The molecule has 0 aromatic heterocycles. The summed E-state index contributed by atoms with van der Waals surface area (Å²) in [6.45, 7) is 1.53. The zero-order chi connectivity index (χ0) is 6.27. The van der Waals surface area contributed by atoms with Crippen LogP contribution in [0.15, 0.2) is 0 Å². The zero-order valence-electron chi connectivity index (χ0n) is 5.33. The van der Waals surface area contributed by atoms with Crippen LogP contribution in [0.25, 0.3) is 0 Å². The van der Waals surface area contributed by atoms with Gasteiger partial charge in [0.2, 0.25) is 0 Å². The topological polar surface area (TPSA) is 18.5 Å². The Bertz CT molecular complexity index is 122. The molecule has 2 aliphatic heterocycles. The monoisotopic (exact) mass is 375 g/mol. The van der Waals surface area contributed by atoms with Crippen molar-refractivity contribution in [2.75, 3.05) is 13.2 Å². The van der Waals surface area contributed by atoms with E-state index in [-0.39, 0.29) is 33.3 Å². The molecule has 0 unspecified atom stereocenters. The number of ether oxygens (including phenoxy) is 2. The van der Waals surface area contributed by atoms with Gasteiger partial charge in [0.05, 0.1) is 17.5 Å². The normalized spacial score (nSPS) is 44.7. The van der Waals surface area contributed by atoms with Gasteiger partial charge in [0, 0.05) is 21.1 Å². The molecule has 0 spiro atoms. The second kappa shape index (κ2) is 3.66. The summed E-state index contributed by atoms with van der Waals surface area (Å²) in [5.74, 6) is 0. The molecule has 3 atom stereocenters. The second-order valence-corrected chi connectivity index (χ2v) is 3.52. The molecule has 0 amide bonds. The molecule has 10 heavy (non-hydrogen) atoms. The molecule has 0 aromatic rings. The minimum absolute atomic E-state index is 0. The molecule has 2 fully saturated rings. The third kappa shape index (κ3) is 1.47. The van der Waals surface area contributed by atoms with Crippen LogP contribution in [0.4, 0.5) is 0 Å². The van der Waals surface area contributed by atoms with Crippen LogP contribution in [0.5, 0.6) is 0 Å². The van der Waals surface area contributed by atoms with E-state index in [4.69, 9.17) is 9.47 Å². The largest absolute Gasteiger partial charge is 0.409 e. The van der Waals surface area contributed by atoms with Gasteiger partial charge in [-0.1, -0.05) is 22.5 Å². The Morgan fingerprint density at radius 2 is 2.20 bits per heavy atom. The number of alkyl halides is 1. The first kappa shape index (κ1) is 9.18. The maximum Gasteiger partial charge on any atom is 0.0669 e. The van der Waals surface area contributed by atoms with Crippen LogP contribution in [-0.4, -0.2) is 30.2 Å². The molecule has 0 saturated carbocycles. The molecule has 2 rings (SSSR count). The van der Waals surface area contributed by atoms with E-state index in [1.165, 1.54) is 0 Å². The molecule has 0 aromatic carbocycles. The molecular weight excluding hydrogens is 368 g/mol. The zero-order valence-corrected chi connectivity index (χ0v) is 9.85. The van der Waals surface area contributed by atoms with E-state index in [1.807, 2.05) is 0 Å². The van der Waals surface area contributed by atoms with Crippen molar-refractivity contribution < 1.29 is 30.5 Å². The van der Waals surface area contributed by atoms with Crippen LogP contribution in [-0.2, 0) is 30.5 Å². The second-order valence-electron chi connectivity index (χ2n) is 2.35. The van der Waals surface area contributed by atoms with E-state index in [9.17, 15) is 0 Å². The fourth-order valence-electron chi connectivity index (χ4n) is 1.26. The van der Waals surface area contributed by atoms with Crippen molar-refractivity contribution in [3.8, 4) is 0 Å². The summed E-state index contributed by atoms with van der Waals surface area (Å²) in [4.78, 5) is 0.404. The SMILES string of the molecule is Br[C@H]1CO[C@@H]2[CH-]CO[C@@H]12.[W]. The molecular formula is C6H8BrO2W-. The Kier molecular flexibility index (Phi) is 3.36. The van der Waals surface area contributed by atoms with E-state index in [1.54, 1.807) is 0 Å². The maximum absolute atomic E-state index is 5.36. The summed E-state index contributed by atoms with van der Waals surface area (Å²) in [7, 11) is 0. The molecule has 0 N–H and O–H groups in total. The first-order valence-electron chi connectivity index (χ1n) is 3.08. The van der Waals surface area contributed by atoms with Gasteiger partial charge in [-0.25, -0.2) is 0 Å². The summed E-state index contributed by atoms with van der Waals surface area (Å²) < 4.78 is 10.7. The fourth-order valence-corrected chi connectivity index (χ4v) is 1.87. The maximum atomic E-state index is 5.36. The van der Waals surface area contributed by atoms with Gasteiger partial charge >= 0.3 is 0 Å². The van der Waals surface area contributed by atoms with Crippen LogP contribution in [0.3, 0.4) is 0 Å². The Balaban J connectivity index is 0.000000500. The smallest absolute Gasteiger partial charge is 0.0669 e. The van der Waals surface area contributed by atoms with E-state index < -0.39 is 0 Å². The number of hydrogen-bond acceptors (Lipinski definition) is 2. The minimum atomic E-state index is 0. The first-order valence-corrected chi connectivity index (χ1v) is 4.00. The van der Waals surface area contributed by atoms with Crippen LogP contribution < -0.4 is 0 Å². The summed E-state index contributed by atoms with van der Waals surface area (Å²) >= 11 is 3.48. The van der Waals surface area contributed by atoms with Crippen molar-refractivity contribution in [3.63, 3.8) is 0 Å².